The van der Waals surface area contributed by atoms with E-state index in [1.165, 1.54) is 91.1 Å². The van der Waals surface area contributed by atoms with Gasteiger partial charge >= 0.3 is 0 Å². The van der Waals surface area contributed by atoms with Crippen LogP contribution >= 0.6 is 0 Å². The van der Waals surface area contributed by atoms with Crippen molar-refractivity contribution in [1.82, 2.24) is 20.0 Å². The largest absolute Gasteiger partial charge is 0.314 e. The summed E-state index contributed by atoms with van der Waals surface area (Å²) in [4.78, 5) is 8.05. The molecule has 3 heterocycles. The average molecular weight is 266 g/mol. The Balaban J connectivity index is 1.30. The van der Waals surface area contributed by atoms with E-state index in [4.69, 9.17) is 0 Å². The zero-order valence-corrected chi connectivity index (χ0v) is 12.3. The molecule has 110 valence electrons. The summed E-state index contributed by atoms with van der Waals surface area (Å²) in [5.74, 6) is 0. The summed E-state index contributed by atoms with van der Waals surface area (Å²) in [6, 6.07) is 0.877. The van der Waals surface area contributed by atoms with Gasteiger partial charge in [-0.05, 0) is 58.4 Å². The topological polar surface area (TPSA) is 21.8 Å². The summed E-state index contributed by atoms with van der Waals surface area (Å²) < 4.78 is 0. The second kappa shape index (κ2) is 7.02. The van der Waals surface area contributed by atoms with Crippen molar-refractivity contribution < 1.29 is 0 Å². The Morgan fingerprint density at radius 2 is 1.58 bits per heavy atom. The second-order valence-electron chi connectivity index (χ2n) is 6.43. The highest BCUT2D eigenvalue weighted by Crippen LogP contribution is 2.20. The number of nitrogens with one attached hydrogen (secondary N) is 1. The predicted molar refractivity (Wildman–Crippen MR) is 79.6 cm³/mol. The highest BCUT2D eigenvalue weighted by molar-refractivity contribution is 4.85. The minimum Gasteiger partial charge on any atom is -0.314 e. The summed E-state index contributed by atoms with van der Waals surface area (Å²) in [5.41, 5.74) is 0. The van der Waals surface area contributed by atoms with E-state index in [9.17, 15) is 0 Å². The monoisotopic (exact) mass is 266 g/mol. The van der Waals surface area contributed by atoms with Gasteiger partial charge in [0.15, 0.2) is 0 Å². The van der Waals surface area contributed by atoms with Gasteiger partial charge in [-0.3, -0.25) is 4.90 Å². The molecule has 0 radical (unpaired) electrons. The van der Waals surface area contributed by atoms with Gasteiger partial charge in [-0.25, -0.2) is 0 Å². The molecule has 0 saturated carbocycles. The first-order valence-corrected chi connectivity index (χ1v) is 8.31. The molecular formula is C15H30N4. The maximum absolute atomic E-state index is 3.43. The maximum Gasteiger partial charge on any atom is 0.0235 e. The Morgan fingerprint density at radius 1 is 0.842 bits per heavy atom. The number of nitrogens with zero attached hydrogens (tertiary/aromatic N) is 3. The number of piperazine rings is 1. The van der Waals surface area contributed by atoms with Gasteiger partial charge in [-0.15, -0.1) is 0 Å². The van der Waals surface area contributed by atoms with Crippen LogP contribution in [0.15, 0.2) is 0 Å². The Kier molecular flexibility index (Phi) is 5.10. The van der Waals surface area contributed by atoms with Crippen LogP contribution in [0.1, 0.15) is 25.7 Å². The van der Waals surface area contributed by atoms with Crippen LogP contribution in [-0.2, 0) is 0 Å². The van der Waals surface area contributed by atoms with Crippen molar-refractivity contribution in [3.8, 4) is 0 Å². The molecule has 4 nitrogen and oxygen atoms in total. The highest BCUT2D eigenvalue weighted by Gasteiger charge is 2.28. The van der Waals surface area contributed by atoms with Gasteiger partial charge in [0.1, 0.15) is 0 Å². The second-order valence-corrected chi connectivity index (χ2v) is 6.43. The first-order valence-electron chi connectivity index (χ1n) is 8.31. The molecule has 3 saturated heterocycles. The normalized spacial score (nSPS) is 31.3. The smallest absolute Gasteiger partial charge is 0.0235 e. The van der Waals surface area contributed by atoms with Crippen LogP contribution in [0.5, 0.6) is 0 Å². The van der Waals surface area contributed by atoms with E-state index >= 15 is 0 Å². The lowest BCUT2D eigenvalue weighted by molar-refractivity contribution is 0.209. The third-order valence-corrected chi connectivity index (χ3v) is 5.06. The fourth-order valence-electron chi connectivity index (χ4n) is 3.87. The van der Waals surface area contributed by atoms with E-state index in [0.29, 0.717) is 0 Å². The number of hydrogen-bond acceptors (Lipinski definition) is 4. The first kappa shape index (κ1) is 13.8. The van der Waals surface area contributed by atoms with Crippen molar-refractivity contribution in [3.05, 3.63) is 0 Å². The van der Waals surface area contributed by atoms with Crippen molar-refractivity contribution in [3.63, 3.8) is 0 Å². The molecule has 0 aromatic heterocycles. The van der Waals surface area contributed by atoms with Crippen molar-refractivity contribution in [1.29, 1.82) is 0 Å². The number of hydrogen-bond donors (Lipinski definition) is 1. The third-order valence-electron chi connectivity index (χ3n) is 5.06. The predicted octanol–water partition coefficient (Wildman–Crippen LogP) is 0.452. The zero-order chi connectivity index (χ0) is 12.9. The molecule has 4 heteroatoms. The molecule has 1 atom stereocenters. The molecule has 0 aliphatic carbocycles. The van der Waals surface area contributed by atoms with Gasteiger partial charge in [0.05, 0.1) is 0 Å². The Hall–Kier alpha value is -0.160. The van der Waals surface area contributed by atoms with Gasteiger partial charge in [-0.2, -0.15) is 0 Å². The summed E-state index contributed by atoms with van der Waals surface area (Å²) in [5, 5.41) is 3.43. The van der Waals surface area contributed by atoms with Crippen LogP contribution in [0, 0.1) is 0 Å². The van der Waals surface area contributed by atoms with Gasteiger partial charge in [0, 0.05) is 38.8 Å². The third kappa shape index (κ3) is 3.91. The van der Waals surface area contributed by atoms with E-state index in [1.54, 1.807) is 0 Å². The average Bonchev–Trinajstić information content (AvgIpc) is 3.10. The van der Waals surface area contributed by atoms with Crippen LogP contribution in [-0.4, -0.2) is 86.2 Å². The van der Waals surface area contributed by atoms with Gasteiger partial charge in [0.25, 0.3) is 0 Å². The van der Waals surface area contributed by atoms with Crippen LogP contribution in [0.2, 0.25) is 0 Å². The summed E-state index contributed by atoms with van der Waals surface area (Å²) in [6.07, 6.45) is 5.62. The molecule has 3 rings (SSSR count). The molecule has 0 aromatic carbocycles. The maximum atomic E-state index is 3.43. The fourth-order valence-corrected chi connectivity index (χ4v) is 3.87. The molecule has 0 spiro atoms. The van der Waals surface area contributed by atoms with Crippen LogP contribution in [0.25, 0.3) is 0 Å². The SMILES string of the molecule is C(CN1CCNCC1)CN1CCC(N2CCCC2)C1. The fraction of sp³-hybridized carbons (Fsp3) is 1.00. The molecular weight excluding hydrogens is 236 g/mol. The van der Waals surface area contributed by atoms with Gasteiger partial charge in [0.2, 0.25) is 0 Å². The molecule has 1 N–H and O–H groups in total. The molecule has 3 aliphatic heterocycles. The van der Waals surface area contributed by atoms with Crippen molar-refractivity contribution >= 4 is 0 Å². The van der Waals surface area contributed by atoms with E-state index in [2.05, 4.69) is 20.0 Å². The lowest BCUT2D eigenvalue weighted by Crippen LogP contribution is -2.44. The van der Waals surface area contributed by atoms with Gasteiger partial charge < -0.3 is 15.1 Å². The van der Waals surface area contributed by atoms with Crippen LogP contribution < -0.4 is 5.32 Å². The molecule has 1 unspecified atom stereocenters. The molecule has 0 amide bonds. The van der Waals surface area contributed by atoms with Gasteiger partial charge in [-0.1, -0.05) is 0 Å². The van der Waals surface area contributed by atoms with Crippen molar-refractivity contribution in [2.45, 2.75) is 31.7 Å². The van der Waals surface area contributed by atoms with Crippen LogP contribution in [0.3, 0.4) is 0 Å². The highest BCUT2D eigenvalue weighted by atomic mass is 15.3. The molecule has 0 aromatic rings. The van der Waals surface area contributed by atoms with E-state index < -0.39 is 0 Å². The van der Waals surface area contributed by atoms with E-state index in [-0.39, 0.29) is 0 Å². The van der Waals surface area contributed by atoms with Crippen LogP contribution in [0.4, 0.5) is 0 Å². The van der Waals surface area contributed by atoms with Crippen molar-refractivity contribution in [2.75, 3.05) is 65.4 Å². The quantitative estimate of drug-likeness (QED) is 0.780. The first-order chi connectivity index (χ1) is 9.42. The zero-order valence-electron chi connectivity index (χ0n) is 12.3. The standard InChI is InChI=1S/C15H30N4/c1-2-10-19(9-1)15-4-11-18(14-15)8-3-7-17-12-5-16-6-13-17/h15-16H,1-14H2. The number of likely N-dealkylation sites (tertiary alicyclic amines) is 2. The minimum absolute atomic E-state index is 0.877. The lowest BCUT2D eigenvalue weighted by Gasteiger charge is -2.28. The lowest BCUT2D eigenvalue weighted by atomic mass is 10.2. The molecule has 19 heavy (non-hydrogen) atoms. The Labute approximate surface area is 118 Å². The summed E-state index contributed by atoms with van der Waals surface area (Å²) in [7, 11) is 0. The Bertz CT molecular complexity index is 259. The summed E-state index contributed by atoms with van der Waals surface area (Å²) in [6.45, 7) is 12.9. The molecule has 3 fully saturated rings. The molecule has 3 aliphatic rings. The Morgan fingerprint density at radius 3 is 2.37 bits per heavy atom. The minimum atomic E-state index is 0.877. The van der Waals surface area contributed by atoms with Crippen molar-refractivity contribution in [2.24, 2.45) is 0 Å². The number of rotatable bonds is 5. The summed E-state index contributed by atoms with van der Waals surface area (Å²) >= 11 is 0. The van der Waals surface area contributed by atoms with E-state index in [1.807, 2.05) is 0 Å². The van der Waals surface area contributed by atoms with E-state index in [0.717, 1.165) is 6.04 Å². The molecule has 0 bridgehead atoms.